The van der Waals surface area contributed by atoms with Crippen LogP contribution in [0.15, 0.2) is 24.3 Å². The van der Waals surface area contributed by atoms with E-state index in [-0.39, 0.29) is 30.0 Å². The molecule has 1 aromatic heterocycles. The van der Waals surface area contributed by atoms with Gasteiger partial charge < -0.3 is 20.7 Å². The van der Waals surface area contributed by atoms with E-state index in [9.17, 15) is 27.6 Å². The van der Waals surface area contributed by atoms with E-state index in [4.69, 9.17) is 4.74 Å². The standard InChI is InChI=1S/C20H22F3N3O4S/c1-4-30-19(29)16-11(2)12(3)31-18(16)26-15(27)9-24-14-8-6-5-7-13(14)17(28)25-10-20(21,22)23/h5-8,24H,4,9-10H2,1-3H3,(H,25,28)(H,26,27). The monoisotopic (exact) mass is 457 g/mol. The molecular formula is C20H22F3N3O4S. The summed E-state index contributed by atoms with van der Waals surface area (Å²) < 4.78 is 42.1. The van der Waals surface area contributed by atoms with Crippen molar-refractivity contribution in [2.75, 3.05) is 30.3 Å². The highest BCUT2D eigenvalue weighted by atomic mass is 32.1. The summed E-state index contributed by atoms with van der Waals surface area (Å²) in [5.74, 6) is -1.97. The van der Waals surface area contributed by atoms with Crippen molar-refractivity contribution in [2.45, 2.75) is 26.9 Å². The van der Waals surface area contributed by atoms with E-state index in [1.807, 2.05) is 6.92 Å². The van der Waals surface area contributed by atoms with Gasteiger partial charge in [-0.1, -0.05) is 12.1 Å². The summed E-state index contributed by atoms with van der Waals surface area (Å²) in [6, 6.07) is 5.89. The van der Waals surface area contributed by atoms with E-state index in [0.717, 1.165) is 4.88 Å². The number of benzene rings is 1. The van der Waals surface area contributed by atoms with Crippen LogP contribution >= 0.6 is 11.3 Å². The summed E-state index contributed by atoms with van der Waals surface area (Å²) in [6.07, 6.45) is -4.54. The minimum absolute atomic E-state index is 0.0328. The number of nitrogens with one attached hydrogen (secondary N) is 3. The van der Waals surface area contributed by atoms with Gasteiger partial charge >= 0.3 is 12.1 Å². The van der Waals surface area contributed by atoms with Crippen molar-refractivity contribution in [3.8, 4) is 0 Å². The first-order valence-corrected chi connectivity index (χ1v) is 10.1. The second-order valence-corrected chi connectivity index (χ2v) is 7.68. The molecule has 0 atom stereocenters. The number of anilines is 2. The van der Waals surface area contributed by atoms with Crippen LogP contribution in [-0.4, -0.2) is 43.7 Å². The Morgan fingerprint density at radius 1 is 1.13 bits per heavy atom. The first kappa shape index (κ1) is 24.2. The number of thiophene rings is 1. The number of hydrogen-bond acceptors (Lipinski definition) is 6. The largest absolute Gasteiger partial charge is 0.462 e. The number of halogens is 3. The molecule has 11 heteroatoms. The smallest absolute Gasteiger partial charge is 0.405 e. The highest BCUT2D eigenvalue weighted by Gasteiger charge is 2.28. The maximum atomic E-state index is 12.4. The Balaban J connectivity index is 2.07. The molecular weight excluding hydrogens is 435 g/mol. The van der Waals surface area contributed by atoms with Crippen molar-refractivity contribution in [1.82, 2.24) is 5.32 Å². The van der Waals surface area contributed by atoms with E-state index in [2.05, 4.69) is 10.6 Å². The lowest BCUT2D eigenvalue weighted by molar-refractivity contribution is -0.123. The maximum absolute atomic E-state index is 12.4. The minimum Gasteiger partial charge on any atom is -0.462 e. The van der Waals surface area contributed by atoms with Gasteiger partial charge in [0.05, 0.1) is 24.3 Å². The molecule has 0 unspecified atom stereocenters. The van der Waals surface area contributed by atoms with Crippen molar-refractivity contribution in [1.29, 1.82) is 0 Å². The fourth-order valence-corrected chi connectivity index (χ4v) is 3.69. The Hall–Kier alpha value is -3.08. The van der Waals surface area contributed by atoms with Gasteiger partial charge in [0.25, 0.3) is 5.91 Å². The lowest BCUT2D eigenvalue weighted by atomic mass is 10.1. The van der Waals surface area contributed by atoms with E-state index in [1.54, 1.807) is 25.2 Å². The van der Waals surface area contributed by atoms with Crippen LogP contribution in [0.3, 0.4) is 0 Å². The third-order valence-corrected chi connectivity index (χ3v) is 5.30. The Bertz CT molecular complexity index is 973. The minimum atomic E-state index is -4.54. The lowest BCUT2D eigenvalue weighted by Crippen LogP contribution is -2.34. The Kier molecular flexibility index (Phi) is 8.03. The van der Waals surface area contributed by atoms with Crippen LogP contribution in [0.2, 0.25) is 0 Å². The summed E-state index contributed by atoms with van der Waals surface area (Å²) in [5.41, 5.74) is 1.15. The van der Waals surface area contributed by atoms with Gasteiger partial charge in [0, 0.05) is 10.6 Å². The Morgan fingerprint density at radius 3 is 2.45 bits per heavy atom. The SMILES string of the molecule is CCOC(=O)c1c(NC(=O)CNc2ccccc2C(=O)NCC(F)(F)F)sc(C)c1C. The van der Waals surface area contributed by atoms with E-state index < -0.39 is 30.5 Å². The van der Waals surface area contributed by atoms with Gasteiger partial charge in [-0.05, 0) is 38.5 Å². The summed E-state index contributed by atoms with van der Waals surface area (Å²) in [5, 5.41) is 7.52. The first-order chi connectivity index (χ1) is 14.5. The number of amides is 2. The summed E-state index contributed by atoms with van der Waals surface area (Å²) in [7, 11) is 0. The summed E-state index contributed by atoms with van der Waals surface area (Å²) in [4.78, 5) is 37.5. The molecule has 0 bridgehead atoms. The van der Waals surface area contributed by atoms with Crippen LogP contribution in [0.5, 0.6) is 0 Å². The van der Waals surface area contributed by atoms with Crippen LogP contribution in [0.25, 0.3) is 0 Å². The molecule has 1 heterocycles. The normalized spacial score (nSPS) is 11.0. The van der Waals surface area contributed by atoms with Gasteiger partial charge in [-0.2, -0.15) is 13.2 Å². The molecule has 0 aliphatic carbocycles. The van der Waals surface area contributed by atoms with Gasteiger partial charge in [-0.25, -0.2) is 4.79 Å². The highest BCUT2D eigenvalue weighted by Crippen LogP contribution is 2.33. The molecule has 0 saturated carbocycles. The van der Waals surface area contributed by atoms with Crippen LogP contribution in [0.1, 0.15) is 38.1 Å². The van der Waals surface area contributed by atoms with Crippen molar-refractivity contribution >= 4 is 39.8 Å². The van der Waals surface area contributed by atoms with Crippen LogP contribution in [-0.2, 0) is 9.53 Å². The molecule has 1 aromatic carbocycles. The molecule has 31 heavy (non-hydrogen) atoms. The zero-order valence-corrected chi connectivity index (χ0v) is 17.9. The maximum Gasteiger partial charge on any atom is 0.405 e. The van der Waals surface area contributed by atoms with Crippen LogP contribution in [0, 0.1) is 13.8 Å². The molecule has 0 radical (unpaired) electrons. The zero-order valence-electron chi connectivity index (χ0n) is 17.1. The molecule has 2 aromatic rings. The molecule has 2 amide bonds. The van der Waals surface area contributed by atoms with Crippen LogP contribution in [0.4, 0.5) is 23.9 Å². The Morgan fingerprint density at radius 2 is 1.81 bits per heavy atom. The molecule has 0 aliphatic rings. The molecule has 0 saturated heterocycles. The number of rotatable bonds is 8. The highest BCUT2D eigenvalue weighted by molar-refractivity contribution is 7.16. The molecule has 0 aliphatic heterocycles. The number of aryl methyl sites for hydroxylation is 1. The molecule has 7 nitrogen and oxygen atoms in total. The predicted molar refractivity (Wildman–Crippen MR) is 112 cm³/mol. The average molecular weight is 457 g/mol. The fraction of sp³-hybridized carbons (Fsp3) is 0.350. The lowest BCUT2D eigenvalue weighted by Gasteiger charge is -2.13. The van der Waals surface area contributed by atoms with Crippen molar-refractivity contribution in [3.63, 3.8) is 0 Å². The van der Waals surface area contributed by atoms with E-state index in [1.165, 1.54) is 29.5 Å². The number of carbonyl (C=O) groups excluding carboxylic acids is 3. The number of carbonyl (C=O) groups is 3. The van der Waals surface area contributed by atoms with Gasteiger partial charge in [-0.3, -0.25) is 9.59 Å². The van der Waals surface area contributed by atoms with Gasteiger partial charge in [0.1, 0.15) is 11.5 Å². The van der Waals surface area contributed by atoms with Crippen molar-refractivity contribution in [2.24, 2.45) is 0 Å². The molecule has 3 N–H and O–H groups in total. The second-order valence-electron chi connectivity index (χ2n) is 6.45. The fourth-order valence-electron chi connectivity index (χ4n) is 2.62. The van der Waals surface area contributed by atoms with Gasteiger partial charge in [0.15, 0.2) is 0 Å². The third-order valence-electron chi connectivity index (χ3n) is 4.18. The first-order valence-electron chi connectivity index (χ1n) is 9.28. The zero-order chi connectivity index (χ0) is 23.2. The summed E-state index contributed by atoms with van der Waals surface area (Å²) >= 11 is 1.23. The van der Waals surface area contributed by atoms with Crippen molar-refractivity contribution in [3.05, 3.63) is 45.8 Å². The number of esters is 1. The Labute approximate surface area is 181 Å². The average Bonchev–Trinajstić information content (AvgIpc) is 2.97. The molecule has 168 valence electrons. The predicted octanol–water partition coefficient (Wildman–Crippen LogP) is 3.88. The van der Waals surface area contributed by atoms with Crippen LogP contribution < -0.4 is 16.0 Å². The number of para-hydroxylation sites is 1. The molecule has 0 spiro atoms. The van der Waals surface area contributed by atoms with E-state index in [0.29, 0.717) is 10.6 Å². The quantitative estimate of drug-likeness (QED) is 0.523. The second kappa shape index (κ2) is 10.3. The summed E-state index contributed by atoms with van der Waals surface area (Å²) in [6.45, 7) is 3.69. The third kappa shape index (κ3) is 6.71. The van der Waals surface area contributed by atoms with Gasteiger partial charge in [-0.15, -0.1) is 11.3 Å². The number of hydrogen-bond donors (Lipinski definition) is 3. The van der Waals surface area contributed by atoms with E-state index >= 15 is 0 Å². The number of alkyl halides is 3. The molecule has 2 rings (SSSR count). The van der Waals surface area contributed by atoms with Crippen molar-refractivity contribution < 1.29 is 32.3 Å². The topological polar surface area (TPSA) is 96.5 Å². The van der Waals surface area contributed by atoms with Gasteiger partial charge in [0.2, 0.25) is 5.91 Å². The molecule has 0 fully saturated rings. The number of ether oxygens (including phenoxy) is 1.